The van der Waals surface area contributed by atoms with Crippen molar-refractivity contribution in [1.29, 1.82) is 0 Å². The Labute approximate surface area is 159 Å². The maximum absolute atomic E-state index is 13.0. The summed E-state index contributed by atoms with van der Waals surface area (Å²) >= 11 is 0. The van der Waals surface area contributed by atoms with Crippen molar-refractivity contribution in [1.82, 2.24) is 15.5 Å². The number of aromatic nitrogens is 2. The number of hydrogen-bond donors (Lipinski definition) is 1. The van der Waals surface area contributed by atoms with Crippen LogP contribution < -0.4 is 9.62 Å². The first-order valence-electron chi connectivity index (χ1n) is 8.56. The molecule has 2 aromatic carbocycles. The Morgan fingerprint density at radius 3 is 2.59 bits per heavy atom. The minimum Gasteiger partial charge on any atom is -0.334 e. The molecule has 0 bridgehead atoms. The van der Waals surface area contributed by atoms with E-state index in [1.165, 1.54) is 11.4 Å². The van der Waals surface area contributed by atoms with E-state index in [9.17, 15) is 8.42 Å². The van der Waals surface area contributed by atoms with Crippen LogP contribution in [-0.4, -0.2) is 38.7 Å². The Balaban J connectivity index is 1.89. The molecule has 0 spiro atoms. The standard InChI is InChI=1S/C19H22N4O3S/c1-14(20-2)12-18-21-19(26-22-18)15-8-7-11-17(13-15)27(24,25)23(3)16-9-5-4-6-10-16/h4-11,13-14,20H,12H2,1-3H3. The third kappa shape index (κ3) is 4.17. The van der Waals surface area contributed by atoms with Gasteiger partial charge in [-0.25, -0.2) is 8.42 Å². The summed E-state index contributed by atoms with van der Waals surface area (Å²) in [5.41, 5.74) is 1.15. The summed E-state index contributed by atoms with van der Waals surface area (Å²) < 4.78 is 32.5. The molecule has 7 nitrogen and oxygen atoms in total. The Morgan fingerprint density at radius 2 is 1.89 bits per heavy atom. The van der Waals surface area contributed by atoms with Crippen molar-refractivity contribution in [2.75, 3.05) is 18.4 Å². The Bertz CT molecular complexity index is 1000. The third-order valence-corrected chi connectivity index (χ3v) is 6.09. The van der Waals surface area contributed by atoms with Gasteiger partial charge < -0.3 is 9.84 Å². The zero-order valence-corrected chi connectivity index (χ0v) is 16.3. The van der Waals surface area contributed by atoms with Gasteiger partial charge in [0.2, 0.25) is 0 Å². The summed E-state index contributed by atoms with van der Waals surface area (Å²) in [7, 11) is -0.312. The Kier molecular flexibility index (Phi) is 5.57. The van der Waals surface area contributed by atoms with Gasteiger partial charge in [-0.3, -0.25) is 4.31 Å². The molecule has 0 aliphatic rings. The van der Waals surface area contributed by atoms with Crippen LogP contribution in [-0.2, 0) is 16.4 Å². The van der Waals surface area contributed by atoms with Gasteiger partial charge in [0.15, 0.2) is 5.82 Å². The number of benzene rings is 2. The SMILES string of the molecule is CNC(C)Cc1noc(-c2cccc(S(=O)(=O)N(C)c3ccccc3)c2)n1. The molecule has 0 aliphatic heterocycles. The van der Waals surface area contributed by atoms with Gasteiger partial charge in [0.05, 0.1) is 10.6 Å². The number of rotatable bonds is 7. The van der Waals surface area contributed by atoms with E-state index in [4.69, 9.17) is 4.52 Å². The smallest absolute Gasteiger partial charge is 0.264 e. The highest BCUT2D eigenvalue weighted by atomic mass is 32.2. The molecule has 0 amide bonds. The molecule has 3 rings (SSSR count). The van der Waals surface area contributed by atoms with Gasteiger partial charge in [0.1, 0.15) is 0 Å². The number of sulfonamides is 1. The highest BCUT2D eigenvalue weighted by Gasteiger charge is 2.22. The fourth-order valence-electron chi connectivity index (χ4n) is 2.55. The number of anilines is 1. The maximum atomic E-state index is 13.0. The van der Waals surface area contributed by atoms with Crippen molar-refractivity contribution >= 4 is 15.7 Å². The number of hydrogen-bond acceptors (Lipinski definition) is 6. The number of nitrogens with one attached hydrogen (secondary N) is 1. The van der Waals surface area contributed by atoms with Crippen LogP contribution in [0.4, 0.5) is 5.69 Å². The summed E-state index contributed by atoms with van der Waals surface area (Å²) in [5.74, 6) is 0.870. The van der Waals surface area contributed by atoms with Crippen LogP contribution in [0.2, 0.25) is 0 Å². The molecule has 0 radical (unpaired) electrons. The molecule has 142 valence electrons. The van der Waals surface area contributed by atoms with Crippen molar-refractivity contribution in [3.8, 4) is 11.5 Å². The molecule has 1 N–H and O–H groups in total. The van der Waals surface area contributed by atoms with Crippen molar-refractivity contribution in [2.45, 2.75) is 24.3 Å². The van der Waals surface area contributed by atoms with Gasteiger partial charge in [-0.1, -0.05) is 29.4 Å². The molecule has 1 aromatic heterocycles. The summed E-state index contributed by atoms with van der Waals surface area (Å²) in [6.45, 7) is 2.02. The normalized spacial score (nSPS) is 12.7. The molecule has 1 unspecified atom stereocenters. The summed E-state index contributed by atoms with van der Waals surface area (Å²) in [5, 5.41) is 7.08. The van der Waals surface area contributed by atoms with Crippen molar-refractivity contribution < 1.29 is 12.9 Å². The van der Waals surface area contributed by atoms with E-state index in [2.05, 4.69) is 15.5 Å². The van der Waals surface area contributed by atoms with Gasteiger partial charge in [-0.05, 0) is 44.3 Å². The average molecular weight is 386 g/mol. The van der Waals surface area contributed by atoms with E-state index < -0.39 is 10.0 Å². The predicted molar refractivity (Wildman–Crippen MR) is 104 cm³/mol. The van der Waals surface area contributed by atoms with Crippen molar-refractivity contribution in [2.24, 2.45) is 0 Å². The van der Waals surface area contributed by atoms with Crippen LogP contribution in [0.5, 0.6) is 0 Å². The molecular weight excluding hydrogens is 364 g/mol. The van der Waals surface area contributed by atoms with Gasteiger partial charge in [0.25, 0.3) is 15.9 Å². The molecule has 0 fully saturated rings. The quantitative estimate of drug-likeness (QED) is 0.672. The molecule has 0 aliphatic carbocycles. The number of nitrogens with zero attached hydrogens (tertiary/aromatic N) is 3. The lowest BCUT2D eigenvalue weighted by atomic mass is 10.2. The minimum absolute atomic E-state index is 0.162. The molecule has 8 heteroatoms. The van der Waals surface area contributed by atoms with E-state index in [1.54, 1.807) is 48.5 Å². The van der Waals surface area contributed by atoms with E-state index >= 15 is 0 Å². The Morgan fingerprint density at radius 1 is 1.15 bits per heavy atom. The third-order valence-electron chi connectivity index (χ3n) is 4.31. The number of para-hydroxylation sites is 1. The first-order chi connectivity index (χ1) is 12.9. The minimum atomic E-state index is -3.71. The van der Waals surface area contributed by atoms with Crippen LogP contribution in [0.15, 0.2) is 64.0 Å². The topological polar surface area (TPSA) is 88.3 Å². The van der Waals surface area contributed by atoms with Crippen LogP contribution in [0.3, 0.4) is 0 Å². The van der Waals surface area contributed by atoms with Crippen molar-refractivity contribution in [3.63, 3.8) is 0 Å². The lowest BCUT2D eigenvalue weighted by molar-refractivity contribution is 0.418. The molecule has 0 saturated heterocycles. The monoisotopic (exact) mass is 386 g/mol. The second-order valence-electron chi connectivity index (χ2n) is 6.25. The Hall–Kier alpha value is -2.71. The lowest BCUT2D eigenvalue weighted by Crippen LogP contribution is -2.26. The molecule has 3 aromatic rings. The number of likely N-dealkylation sites (N-methyl/N-ethyl adjacent to an activating group) is 1. The molecular formula is C19H22N4O3S. The largest absolute Gasteiger partial charge is 0.334 e. The summed E-state index contributed by atoms with van der Waals surface area (Å²) in [4.78, 5) is 4.53. The van der Waals surface area contributed by atoms with E-state index in [0.717, 1.165) is 0 Å². The van der Waals surface area contributed by atoms with Gasteiger partial charge in [-0.2, -0.15) is 4.98 Å². The van der Waals surface area contributed by atoms with Gasteiger partial charge >= 0.3 is 0 Å². The summed E-state index contributed by atoms with van der Waals surface area (Å²) in [6.07, 6.45) is 0.620. The lowest BCUT2D eigenvalue weighted by Gasteiger charge is -2.19. The summed E-state index contributed by atoms with van der Waals surface area (Å²) in [6, 6.07) is 15.7. The average Bonchev–Trinajstić information content (AvgIpc) is 3.16. The zero-order chi connectivity index (χ0) is 19.4. The fraction of sp³-hybridized carbons (Fsp3) is 0.263. The predicted octanol–water partition coefficient (Wildman–Crippen LogP) is 2.71. The molecule has 1 atom stereocenters. The van der Waals surface area contributed by atoms with Crippen LogP contribution in [0.25, 0.3) is 11.5 Å². The van der Waals surface area contributed by atoms with E-state index in [-0.39, 0.29) is 10.9 Å². The van der Waals surface area contributed by atoms with Crippen LogP contribution in [0.1, 0.15) is 12.7 Å². The first-order valence-corrected chi connectivity index (χ1v) is 10.00. The first kappa shape index (κ1) is 19.1. The van der Waals surface area contributed by atoms with E-state index in [0.29, 0.717) is 29.4 Å². The highest BCUT2D eigenvalue weighted by molar-refractivity contribution is 7.92. The van der Waals surface area contributed by atoms with Crippen LogP contribution in [0, 0.1) is 0 Å². The van der Waals surface area contributed by atoms with Crippen LogP contribution >= 0.6 is 0 Å². The molecule has 0 saturated carbocycles. The fourth-order valence-corrected chi connectivity index (χ4v) is 3.80. The molecule has 1 heterocycles. The second kappa shape index (κ2) is 7.89. The zero-order valence-electron chi connectivity index (χ0n) is 15.5. The van der Waals surface area contributed by atoms with Gasteiger partial charge in [0, 0.05) is 25.1 Å². The maximum Gasteiger partial charge on any atom is 0.264 e. The van der Waals surface area contributed by atoms with Gasteiger partial charge in [-0.15, -0.1) is 0 Å². The molecule has 27 heavy (non-hydrogen) atoms. The van der Waals surface area contributed by atoms with E-state index in [1.807, 2.05) is 20.0 Å². The van der Waals surface area contributed by atoms with Crippen molar-refractivity contribution in [3.05, 3.63) is 60.4 Å². The highest BCUT2D eigenvalue weighted by Crippen LogP contribution is 2.25. The second-order valence-corrected chi connectivity index (χ2v) is 8.21.